The molecule has 0 aromatic heterocycles. The predicted octanol–water partition coefficient (Wildman–Crippen LogP) is -0.140. The standard InChI is InChI=1S/C12H21N3O2/c1-8(2)6-15(7-11(14)16)12(17)9-3-4-10(13)5-9/h3-4,8-10H,5-7,13H2,1-2H3,(H2,14,16). The highest BCUT2D eigenvalue weighted by atomic mass is 16.2. The summed E-state index contributed by atoms with van der Waals surface area (Å²) in [6, 6.07) is -0.0570. The lowest BCUT2D eigenvalue weighted by molar-refractivity contribution is -0.138. The quantitative estimate of drug-likeness (QED) is 0.654. The average Bonchev–Trinajstić information content (AvgIpc) is 2.61. The molecule has 0 saturated carbocycles. The molecule has 5 nitrogen and oxygen atoms in total. The Morgan fingerprint density at radius 2 is 2.06 bits per heavy atom. The second-order valence-corrected chi connectivity index (χ2v) is 4.97. The van der Waals surface area contributed by atoms with Crippen LogP contribution in [0.3, 0.4) is 0 Å². The molecule has 96 valence electrons. The van der Waals surface area contributed by atoms with Crippen molar-refractivity contribution in [1.29, 1.82) is 0 Å². The number of amides is 2. The lowest BCUT2D eigenvalue weighted by Crippen LogP contribution is -2.43. The lowest BCUT2D eigenvalue weighted by Gasteiger charge is -2.25. The zero-order chi connectivity index (χ0) is 13.0. The largest absolute Gasteiger partial charge is 0.368 e. The second-order valence-electron chi connectivity index (χ2n) is 4.97. The molecule has 0 saturated heterocycles. The van der Waals surface area contributed by atoms with Gasteiger partial charge in [0.05, 0.1) is 12.5 Å². The molecule has 5 heteroatoms. The molecule has 0 aromatic rings. The maximum atomic E-state index is 12.2. The summed E-state index contributed by atoms with van der Waals surface area (Å²) in [4.78, 5) is 24.7. The molecule has 0 aromatic carbocycles. The number of carbonyl (C=O) groups is 2. The SMILES string of the molecule is CC(C)CN(CC(N)=O)C(=O)C1C=CC(N)C1. The van der Waals surface area contributed by atoms with Crippen LogP contribution in [-0.4, -0.2) is 35.8 Å². The molecule has 0 fully saturated rings. The molecule has 2 amide bonds. The number of carbonyl (C=O) groups excluding carboxylic acids is 2. The maximum absolute atomic E-state index is 12.2. The van der Waals surface area contributed by atoms with Crippen molar-refractivity contribution in [3.8, 4) is 0 Å². The Morgan fingerprint density at radius 3 is 2.47 bits per heavy atom. The van der Waals surface area contributed by atoms with Crippen LogP contribution in [0.15, 0.2) is 12.2 Å². The minimum absolute atomic E-state index is 0.0173. The van der Waals surface area contributed by atoms with Crippen molar-refractivity contribution >= 4 is 11.8 Å². The Hall–Kier alpha value is -1.36. The van der Waals surface area contributed by atoms with E-state index in [1.165, 1.54) is 4.90 Å². The first-order chi connectivity index (χ1) is 7.90. The van der Waals surface area contributed by atoms with Crippen molar-refractivity contribution in [2.45, 2.75) is 26.3 Å². The lowest BCUT2D eigenvalue weighted by atomic mass is 10.1. The Balaban J connectivity index is 2.65. The molecular weight excluding hydrogens is 218 g/mol. The van der Waals surface area contributed by atoms with Gasteiger partial charge >= 0.3 is 0 Å². The van der Waals surface area contributed by atoms with Crippen LogP contribution in [0.1, 0.15) is 20.3 Å². The van der Waals surface area contributed by atoms with Crippen molar-refractivity contribution < 1.29 is 9.59 Å². The summed E-state index contributed by atoms with van der Waals surface area (Å²) in [5.74, 6) is -0.438. The predicted molar refractivity (Wildman–Crippen MR) is 65.8 cm³/mol. The van der Waals surface area contributed by atoms with Crippen LogP contribution < -0.4 is 11.5 Å². The van der Waals surface area contributed by atoms with Gasteiger partial charge in [0, 0.05) is 12.6 Å². The number of hydrogen-bond donors (Lipinski definition) is 2. The molecule has 2 atom stereocenters. The molecule has 17 heavy (non-hydrogen) atoms. The van der Waals surface area contributed by atoms with Crippen molar-refractivity contribution in [3.63, 3.8) is 0 Å². The second kappa shape index (κ2) is 5.82. The Morgan fingerprint density at radius 1 is 1.41 bits per heavy atom. The molecule has 2 unspecified atom stereocenters. The Labute approximate surface area is 102 Å². The average molecular weight is 239 g/mol. The summed E-state index contributed by atoms with van der Waals surface area (Å²) in [7, 11) is 0. The molecule has 0 heterocycles. The topological polar surface area (TPSA) is 89.4 Å². The van der Waals surface area contributed by atoms with Gasteiger partial charge in [-0.15, -0.1) is 0 Å². The van der Waals surface area contributed by atoms with Crippen LogP contribution >= 0.6 is 0 Å². The van der Waals surface area contributed by atoms with Crippen LogP contribution in [0.5, 0.6) is 0 Å². The minimum atomic E-state index is -0.481. The van der Waals surface area contributed by atoms with Gasteiger partial charge in [-0.1, -0.05) is 26.0 Å². The van der Waals surface area contributed by atoms with E-state index in [0.29, 0.717) is 18.9 Å². The normalized spacial score (nSPS) is 23.1. The molecular formula is C12H21N3O2. The van der Waals surface area contributed by atoms with Gasteiger partial charge in [-0.25, -0.2) is 0 Å². The fourth-order valence-electron chi connectivity index (χ4n) is 2.01. The van der Waals surface area contributed by atoms with Crippen molar-refractivity contribution in [2.75, 3.05) is 13.1 Å². The number of nitrogens with two attached hydrogens (primary N) is 2. The van der Waals surface area contributed by atoms with Crippen molar-refractivity contribution in [2.24, 2.45) is 23.3 Å². The van der Waals surface area contributed by atoms with Gasteiger partial charge in [-0.3, -0.25) is 9.59 Å². The third kappa shape index (κ3) is 4.19. The van der Waals surface area contributed by atoms with Gasteiger partial charge < -0.3 is 16.4 Å². The van der Waals surface area contributed by atoms with Crippen LogP contribution in [0.4, 0.5) is 0 Å². The van der Waals surface area contributed by atoms with Gasteiger partial charge in [0.1, 0.15) is 0 Å². The van der Waals surface area contributed by atoms with E-state index in [9.17, 15) is 9.59 Å². The molecule has 1 aliphatic rings. The van der Waals surface area contributed by atoms with E-state index in [2.05, 4.69) is 0 Å². The Kier molecular flexibility index (Phi) is 4.69. The first kappa shape index (κ1) is 13.7. The van der Waals surface area contributed by atoms with E-state index in [-0.39, 0.29) is 24.4 Å². The van der Waals surface area contributed by atoms with E-state index in [1.54, 1.807) is 0 Å². The molecule has 0 bridgehead atoms. The molecule has 1 aliphatic carbocycles. The monoisotopic (exact) mass is 239 g/mol. The summed E-state index contributed by atoms with van der Waals surface area (Å²) >= 11 is 0. The van der Waals surface area contributed by atoms with E-state index < -0.39 is 5.91 Å². The zero-order valence-electron chi connectivity index (χ0n) is 10.4. The summed E-state index contributed by atoms with van der Waals surface area (Å²) < 4.78 is 0. The Bertz CT molecular complexity index is 326. The summed E-state index contributed by atoms with van der Waals surface area (Å²) in [5, 5.41) is 0. The van der Waals surface area contributed by atoms with E-state index in [1.807, 2.05) is 26.0 Å². The van der Waals surface area contributed by atoms with Gasteiger partial charge in [0.15, 0.2) is 0 Å². The molecule has 1 rings (SSSR count). The fourth-order valence-corrected chi connectivity index (χ4v) is 2.01. The van der Waals surface area contributed by atoms with Crippen LogP contribution in [0, 0.1) is 11.8 Å². The van der Waals surface area contributed by atoms with Gasteiger partial charge in [0.2, 0.25) is 11.8 Å². The molecule has 4 N–H and O–H groups in total. The van der Waals surface area contributed by atoms with E-state index in [4.69, 9.17) is 11.5 Å². The smallest absolute Gasteiger partial charge is 0.237 e. The van der Waals surface area contributed by atoms with Gasteiger partial charge in [-0.05, 0) is 12.3 Å². The van der Waals surface area contributed by atoms with Crippen LogP contribution in [0.2, 0.25) is 0 Å². The summed E-state index contributed by atoms with van der Waals surface area (Å²) in [5.41, 5.74) is 10.9. The highest BCUT2D eigenvalue weighted by Crippen LogP contribution is 2.19. The summed E-state index contributed by atoms with van der Waals surface area (Å²) in [6.07, 6.45) is 4.27. The van der Waals surface area contributed by atoms with Gasteiger partial charge in [-0.2, -0.15) is 0 Å². The minimum Gasteiger partial charge on any atom is -0.368 e. The number of hydrogen-bond acceptors (Lipinski definition) is 3. The molecule has 0 radical (unpaired) electrons. The number of primary amides is 1. The van der Waals surface area contributed by atoms with Crippen LogP contribution in [-0.2, 0) is 9.59 Å². The fraction of sp³-hybridized carbons (Fsp3) is 0.667. The molecule has 0 spiro atoms. The highest BCUT2D eigenvalue weighted by molar-refractivity contribution is 5.86. The molecule has 0 aliphatic heterocycles. The van der Waals surface area contributed by atoms with E-state index in [0.717, 1.165) is 0 Å². The first-order valence-corrected chi connectivity index (χ1v) is 5.91. The maximum Gasteiger partial charge on any atom is 0.237 e. The van der Waals surface area contributed by atoms with Crippen molar-refractivity contribution in [3.05, 3.63) is 12.2 Å². The van der Waals surface area contributed by atoms with Crippen molar-refractivity contribution in [1.82, 2.24) is 4.90 Å². The first-order valence-electron chi connectivity index (χ1n) is 5.91. The summed E-state index contributed by atoms with van der Waals surface area (Å²) in [6.45, 7) is 4.52. The third-order valence-electron chi connectivity index (χ3n) is 2.68. The van der Waals surface area contributed by atoms with Gasteiger partial charge in [0.25, 0.3) is 0 Å². The number of nitrogens with zero attached hydrogens (tertiary/aromatic N) is 1. The third-order valence-corrected chi connectivity index (χ3v) is 2.68. The van der Waals surface area contributed by atoms with E-state index >= 15 is 0 Å². The van der Waals surface area contributed by atoms with Crippen LogP contribution in [0.25, 0.3) is 0 Å². The number of rotatable bonds is 5. The highest BCUT2D eigenvalue weighted by Gasteiger charge is 2.28. The zero-order valence-corrected chi connectivity index (χ0v) is 10.4.